The van der Waals surface area contributed by atoms with Crippen molar-refractivity contribution in [3.8, 4) is 11.5 Å². The van der Waals surface area contributed by atoms with Gasteiger partial charge in [0.25, 0.3) is 5.89 Å². The van der Waals surface area contributed by atoms with Gasteiger partial charge in [0.05, 0.1) is 5.69 Å². The fraction of sp³-hybridized carbons (Fsp3) is 0.455. The van der Waals surface area contributed by atoms with Crippen LogP contribution >= 0.6 is 0 Å². The van der Waals surface area contributed by atoms with E-state index in [4.69, 9.17) is 9.05 Å². The van der Waals surface area contributed by atoms with Gasteiger partial charge in [-0.2, -0.15) is 4.98 Å². The van der Waals surface area contributed by atoms with Crippen LogP contribution in [0.1, 0.15) is 49.0 Å². The largest absolute Gasteiger partial charge is 0.361 e. The second kappa shape index (κ2) is 8.01. The van der Waals surface area contributed by atoms with E-state index in [2.05, 4.69) is 22.2 Å². The molecule has 3 aromatic rings. The molecule has 1 atom stereocenters. The normalized spacial score (nSPS) is 19.3. The van der Waals surface area contributed by atoms with Crippen LogP contribution in [0, 0.1) is 19.7 Å². The molecular weight excluding hydrogens is 387 g/mol. The highest BCUT2D eigenvalue weighted by atomic mass is 19.1. The molecule has 1 aliphatic rings. The van der Waals surface area contributed by atoms with Gasteiger partial charge >= 0.3 is 0 Å². The molecule has 0 aliphatic carbocycles. The van der Waals surface area contributed by atoms with Gasteiger partial charge in [-0.3, -0.25) is 4.79 Å². The lowest BCUT2D eigenvalue weighted by molar-refractivity contribution is -0.133. The first-order chi connectivity index (χ1) is 14.4. The molecule has 1 saturated heterocycles. The summed E-state index contributed by atoms with van der Waals surface area (Å²) in [5.41, 5.74) is 2.12. The van der Waals surface area contributed by atoms with E-state index in [1.165, 1.54) is 12.1 Å². The summed E-state index contributed by atoms with van der Waals surface area (Å²) in [5, 5.41) is 8.13. The molecular formula is C22H25FN4O3. The number of piperidine rings is 1. The summed E-state index contributed by atoms with van der Waals surface area (Å²) in [6.07, 6.45) is 2.76. The Labute approximate surface area is 174 Å². The number of benzene rings is 1. The summed E-state index contributed by atoms with van der Waals surface area (Å²) in [7, 11) is 0. The number of aromatic nitrogens is 3. The Hall–Kier alpha value is -3.03. The lowest BCUT2D eigenvalue weighted by Gasteiger charge is -2.38. The van der Waals surface area contributed by atoms with Crippen molar-refractivity contribution in [2.75, 3.05) is 13.1 Å². The van der Waals surface area contributed by atoms with Crippen molar-refractivity contribution in [3.05, 3.63) is 52.9 Å². The van der Waals surface area contributed by atoms with Crippen LogP contribution in [-0.4, -0.2) is 39.2 Å². The zero-order valence-corrected chi connectivity index (χ0v) is 17.4. The average Bonchev–Trinajstić information content (AvgIpc) is 3.35. The molecule has 1 aromatic carbocycles. The summed E-state index contributed by atoms with van der Waals surface area (Å²) < 4.78 is 23.8. The second-order valence-corrected chi connectivity index (χ2v) is 8.21. The van der Waals surface area contributed by atoms with Crippen LogP contribution in [-0.2, 0) is 16.6 Å². The molecule has 158 valence electrons. The topological polar surface area (TPSA) is 85.3 Å². The number of hydrogen-bond donors (Lipinski definition) is 0. The Kier molecular flexibility index (Phi) is 5.40. The number of halogens is 1. The van der Waals surface area contributed by atoms with Crippen LogP contribution in [0.15, 0.2) is 33.3 Å². The minimum atomic E-state index is -0.390. The van der Waals surface area contributed by atoms with E-state index in [1.54, 1.807) is 12.1 Å². The zero-order chi connectivity index (χ0) is 21.3. The molecule has 7 nitrogen and oxygen atoms in total. The number of nitrogens with zero attached hydrogens (tertiary/aromatic N) is 4. The zero-order valence-electron chi connectivity index (χ0n) is 17.4. The minimum Gasteiger partial charge on any atom is -0.361 e. The number of likely N-dealkylation sites (tertiary alicyclic amines) is 1. The van der Waals surface area contributed by atoms with E-state index in [-0.39, 0.29) is 11.7 Å². The van der Waals surface area contributed by atoms with Crippen molar-refractivity contribution < 1.29 is 18.2 Å². The molecule has 0 radical (unpaired) electrons. The van der Waals surface area contributed by atoms with Crippen LogP contribution in [0.2, 0.25) is 0 Å². The van der Waals surface area contributed by atoms with Gasteiger partial charge in [-0.25, -0.2) is 4.39 Å². The molecule has 0 N–H and O–H groups in total. The first-order valence-corrected chi connectivity index (χ1v) is 10.2. The molecule has 1 amide bonds. The van der Waals surface area contributed by atoms with Gasteiger partial charge in [-0.15, -0.1) is 0 Å². The SMILES string of the molecule is Cc1noc(C)c1CCC(=O)N1CCCC(C)(c2noc(-c3ccc(F)cc3)n2)C1. The molecule has 30 heavy (non-hydrogen) atoms. The van der Waals surface area contributed by atoms with E-state index in [1.807, 2.05) is 18.7 Å². The maximum atomic E-state index is 13.2. The molecule has 0 bridgehead atoms. The summed E-state index contributed by atoms with van der Waals surface area (Å²) >= 11 is 0. The highest BCUT2D eigenvalue weighted by Gasteiger charge is 2.38. The maximum Gasteiger partial charge on any atom is 0.257 e. The Balaban J connectivity index is 1.45. The first-order valence-electron chi connectivity index (χ1n) is 10.2. The van der Waals surface area contributed by atoms with Crippen LogP contribution in [0.5, 0.6) is 0 Å². The third-order valence-corrected chi connectivity index (χ3v) is 5.88. The Morgan fingerprint density at radius 3 is 2.67 bits per heavy atom. The van der Waals surface area contributed by atoms with Gasteiger partial charge in [0.2, 0.25) is 5.91 Å². The third-order valence-electron chi connectivity index (χ3n) is 5.88. The number of hydrogen-bond acceptors (Lipinski definition) is 6. The number of amides is 1. The van der Waals surface area contributed by atoms with Crippen molar-refractivity contribution in [2.24, 2.45) is 0 Å². The molecule has 8 heteroatoms. The standard InChI is InChI=1S/C22H25FN4O3/c1-14-18(15(2)29-25-14)9-10-19(28)27-12-4-11-22(3,13-27)21-24-20(30-26-21)16-5-7-17(23)8-6-16/h5-8H,4,9-13H2,1-3H3. The van der Waals surface area contributed by atoms with E-state index < -0.39 is 5.41 Å². The van der Waals surface area contributed by atoms with Crippen LogP contribution < -0.4 is 0 Å². The Morgan fingerprint density at radius 2 is 1.97 bits per heavy atom. The lowest BCUT2D eigenvalue weighted by Crippen LogP contribution is -2.47. The molecule has 3 heterocycles. The molecule has 0 spiro atoms. The summed E-state index contributed by atoms with van der Waals surface area (Å²) in [4.78, 5) is 19.3. The number of rotatable bonds is 5. The number of carbonyl (C=O) groups excluding carboxylic acids is 1. The summed E-state index contributed by atoms with van der Waals surface area (Å²) in [6.45, 7) is 7.07. The second-order valence-electron chi connectivity index (χ2n) is 8.21. The predicted octanol–water partition coefficient (Wildman–Crippen LogP) is 3.99. The van der Waals surface area contributed by atoms with Gasteiger partial charge in [-0.1, -0.05) is 17.2 Å². The molecule has 0 saturated carbocycles. The fourth-order valence-electron chi connectivity index (χ4n) is 4.06. The van der Waals surface area contributed by atoms with Crippen molar-refractivity contribution in [3.63, 3.8) is 0 Å². The monoisotopic (exact) mass is 412 g/mol. The summed E-state index contributed by atoms with van der Waals surface area (Å²) in [6, 6.07) is 5.95. The highest BCUT2D eigenvalue weighted by Crippen LogP contribution is 2.33. The molecule has 4 rings (SSSR count). The minimum absolute atomic E-state index is 0.100. The van der Waals surface area contributed by atoms with Crippen LogP contribution in [0.3, 0.4) is 0 Å². The Bertz CT molecular complexity index is 1020. The summed E-state index contributed by atoms with van der Waals surface area (Å²) in [5.74, 6) is 1.48. The maximum absolute atomic E-state index is 13.2. The molecule has 1 fully saturated rings. The van der Waals surface area contributed by atoms with E-state index in [0.717, 1.165) is 36.4 Å². The number of aryl methyl sites for hydroxylation is 2. The van der Waals surface area contributed by atoms with Gasteiger partial charge in [-0.05, 0) is 57.4 Å². The number of carbonyl (C=O) groups is 1. The van der Waals surface area contributed by atoms with Gasteiger partial charge in [0.1, 0.15) is 11.6 Å². The van der Waals surface area contributed by atoms with Gasteiger partial charge < -0.3 is 13.9 Å². The molecule has 1 aliphatic heterocycles. The van der Waals surface area contributed by atoms with Crippen LogP contribution in [0.25, 0.3) is 11.5 Å². The quantitative estimate of drug-likeness (QED) is 0.630. The van der Waals surface area contributed by atoms with Gasteiger partial charge in [0.15, 0.2) is 5.82 Å². The van der Waals surface area contributed by atoms with E-state index >= 15 is 0 Å². The van der Waals surface area contributed by atoms with Crippen LogP contribution in [0.4, 0.5) is 4.39 Å². The van der Waals surface area contributed by atoms with Crippen molar-refractivity contribution in [2.45, 2.75) is 51.9 Å². The van der Waals surface area contributed by atoms with E-state index in [9.17, 15) is 9.18 Å². The first kappa shape index (κ1) is 20.3. The predicted molar refractivity (Wildman–Crippen MR) is 107 cm³/mol. The molecule has 1 unspecified atom stereocenters. The highest BCUT2D eigenvalue weighted by molar-refractivity contribution is 5.76. The third kappa shape index (κ3) is 3.99. The van der Waals surface area contributed by atoms with Crippen molar-refractivity contribution in [1.82, 2.24) is 20.2 Å². The lowest BCUT2D eigenvalue weighted by atomic mass is 9.81. The smallest absolute Gasteiger partial charge is 0.257 e. The Morgan fingerprint density at radius 1 is 1.20 bits per heavy atom. The van der Waals surface area contributed by atoms with Crippen molar-refractivity contribution >= 4 is 5.91 Å². The average molecular weight is 412 g/mol. The van der Waals surface area contributed by atoms with Crippen molar-refractivity contribution in [1.29, 1.82) is 0 Å². The molecule has 2 aromatic heterocycles. The van der Waals surface area contributed by atoms with E-state index in [0.29, 0.717) is 36.7 Å². The van der Waals surface area contributed by atoms with Gasteiger partial charge in [0, 0.05) is 36.1 Å². The fourth-order valence-corrected chi connectivity index (χ4v) is 4.06.